The molecule has 0 fully saturated rings. The topological polar surface area (TPSA) is 93.1 Å². The highest BCUT2D eigenvalue weighted by Crippen LogP contribution is 2.54. The Morgan fingerprint density at radius 1 is 1.08 bits per heavy atom. The standard InChI is InChI=1S/C17H21O6P/c1-3-22-24(21,23-4-2)16(17(19)20)11-12-9-10-15(18)14-8-6-5-7-13(12)14/h5-10,16,18H,3-4,11H2,1-2H3,(H,19,20). The molecule has 2 rings (SSSR count). The van der Waals surface area contributed by atoms with Crippen molar-refractivity contribution in [3.05, 3.63) is 42.0 Å². The van der Waals surface area contributed by atoms with Crippen LogP contribution in [0.25, 0.3) is 10.8 Å². The van der Waals surface area contributed by atoms with Gasteiger partial charge in [-0.2, -0.15) is 0 Å². The number of benzene rings is 2. The van der Waals surface area contributed by atoms with Crippen molar-refractivity contribution in [3.63, 3.8) is 0 Å². The Labute approximate surface area is 140 Å². The lowest BCUT2D eigenvalue weighted by Crippen LogP contribution is -2.25. The van der Waals surface area contributed by atoms with Crippen LogP contribution < -0.4 is 0 Å². The number of phenolic OH excluding ortho intramolecular Hbond substituents is 1. The molecule has 1 atom stereocenters. The van der Waals surface area contributed by atoms with E-state index in [1.165, 1.54) is 6.07 Å². The third-order valence-electron chi connectivity index (χ3n) is 3.69. The Hall–Kier alpha value is -1.88. The number of carboxylic acids is 1. The summed E-state index contributed by atoms with van der Waals surface area (Å²) in [6, 6.07) is 10.3. The number of aliphatic carboxylic acids is 1. The summed E-state index contributed by atoms with van der Waals surface area (Å²) < 4.78 is 23.3. The van der Waals surface area contributed by atoms with Gasteiger partial charge in [-0.3, -0.25) is 9.36 Å². The SMILES string of the molecule is CCOP(=O)(OCC)C(Cc1ccc(O)c2ccccc12)C(=O)O. The lowest BCUT2D eigenvalue weighted by Gasteiger charge is -2.23. The van der Waals surface area contributed by atoms with Crippen molar-refractivity contribution in [2.24, 2.45) is 0 Å². The molecule has 0 saturated heterocycles. The number of hydrogen-bond donors (Lipinski definition) is 2. The average Bonchev–Trinajstić information content (AvgIpc) is 2.54. The Kier molecular flexibility index (Phi) is 5.99. The fourth-order valence-corrected chi connectivity index (χ4v) is 4.49. The maximum Gasteiger partial charge on any atom is 0.345 e. The first-order chi connectivity index (χ1) is 11.4. The van der Waals surface area contributed by atoms with Gasteiger partial charge >= 0.3 is 13.6 Å². The van der Waals surface area contributed by atoms with E-state index in [1.54, 1.807) is 44.2 Å². The van der Waals surface area contributed by atoms with Crippen LogP contribution in [0, 0.1) is 0 Å². The molecule has 0 aliphatic heterocycles. The second-order valence-corrected chi connectivity index (χ2v) is 7.44. The van der Waals surface area contributed by atoms with E-state index in [1.807, 2.05) is 0 Å². The Morgan fingerprint density at radius 2 is 1.67 bits per heavy atom. The third kappa shape index (κ3) is 3.78. The lowest BCUT2D eigenvalue weighted by atomic mass is 10.00. The molecule has 7 heteroatoms. The summed E-state index contributed by atoms with van der Waals surface area (Å²) in [5, 5.41) is 20.8. The second kappa shape index (κ2) is 7.79. The van der Waals surface area contributed by atoms with E-state index in [9.17, 15) is 19.6 Å². The summed E-state index contributed by atoms with van der Waals surface area (Å²) in [7, 11) is -3.80. The van der Waals surface area contributed by atoms with Gasteiger partial charge in [0.25, 0.3) is 0 Å². The summed E-state index contributed by atoms with van der Waals surface area (Å²) >= 11 is 0. The van der Waals surface area contributed by atoms with E-state index in [-0.39, 0.29) is 25.4 Å². The maximum absolute atomic E-state index is 12.9. The Bertz CT molecular complexity index is 763. The fraction of sp³-hybridized carbons (Fsp3) is 0.353. The van der Waals surface area contributed by atoms with E-state index in [0.717, 1.165) is 0 Å². The summed E-state index contributed by atoms with van der Waals surface area (Å²) in [6.07, 6.45) is -0.0204. The van der Waals surface area contributed by atoms with Gasteiger partial charge in [0, 0.05) is 5.39 Å². The zero-order chi connectivity index (χ0) is 17.7. The second-order valence-electron chi connectivity index (χ2n) is 5.22. The zero-order valence-electron chi connectivity index (χ0n) is 13.6. The molecule has 6 nitrogen and oxygen atoms in total. The molecule has 1 unspecified atom stereocenters. The normalized spacial score (nSPS) is 13.1. The first kappa shape index (κ1) is 18.5. The number of carboxylic acid groups (broad SMARTS) is 1. The van der Waals surface area contributed by atoms with Crippen LogP contribution in [0.3, 0.4) is 0 Å². The van der Waals surface area contributed by atoms with Gasteiger partial charge in [0.1, 0.15) is 5.75 Å². The quantitative estimate of drug-likeness (QED) is 0.702. The molecule has 0 bridgehead atoms. The van der Waals surface area contributed by atoms with E-state index >= 15 is 0 Å². The van der Waals surface area contributed by atoms with Crippen LogP contribution >= 0.6 is 7.60 Å². The van der Waals surface area contributed by atoms with Crippen LogP contribution in [0.15, 0.2) is 36.4 Å². The molecule has 0 spiro atoms. The van der Waals surface area contributed by atoms with Crippen LogP contribution in [0.5, 0.6) is 5.75 Å². The predicted molar refractivity (Wildman–Crippen MR) is 91.6 cm³/mol. The zero-order valence-corrected chi connectivity index (χ0v) is 14.5. The smallest absolute Gasteiger partial charge is 0.345 e. The summed E-state index contributed by atoms with van der Waals surface area (Å²) in [5.41, 5.74) is -0.652. The first-order valence-electron chi connectivity index (χ1n) is 7.74. The Balaban J connectivity index is 2.47. The van der Waals surface area contributed by atoms with Crippen molar-refractivity contribution in [1.29, 1.82) is 0 Å². The Morgan fingerprint density at radius 3 is 2.21 bits per heavy atom. The van der Waals surface area contributed by atoms with E-state index in [4.69, 9.17) is 9.05 Å². The number of phenols is 1. The fourth-order valence-electron chi connectivity index (χ4n) is 2.64. The van der Waals surface area contributed by atoms with Gasteiger partial charge in [-0.1, -0.05) is 30.3 Å². The minimum atomic E-state index is -3.80. The highest BCUT2D eigenvalue weighted by atomic mass is 31.2. The van der Waals surface area contributed by atoms with Crippen molar-refractivity contribution in [2.75, 3.05) is 13.2 Å². The van der Waals surface area contributed by atoms with Crippen LogP contribution in [0.4, 0.5) is 0 Å². The minimum absolute atomic E-state index is 0.0204. The maximum atomic E-state index is 12.9. The molecule has 0 amide bonds. The molecule has 0 heterocycles. The summed E-state index contributed by atoms with van der Waals surface area (Å²) in [5.74, 6) is -1.13. The molecule has 0 aromatic heterocycles. The van der Waals surface area contributed by atoms with E-state index in [2.05, 4.69) is 0 Å². The molecule has 0 saturated carbocycles. The van der Waals surface area contributed by atoms with Gasteiger partial charge in [0.05, 0.1) is 13.2 Å². The third-order valence-corrected chi connectivity index (χ3v) is 6.09. The average molecular weight is 352 g/mol. The monoisotopic (exact) mass is 352 g/mol. The van der Waals surface area contributed by atoms with Gasteiger partial charge in [-0.15, -0.1) is 0 Å². The molecule has 2 aromatic carbocycles. The minimum Gasteiger partial charge on any atom is -0.507 e. The van der Waals surface area contributed by atoms with Crippen molar-refractivity contribution < 1.29 is 28.6 Å². The molecule has 0 aliphatic rings. The highest BCUT2D eigenvalue weighted by molar-refractivity contribution is 7.55. The molecule has 2 N–H and O–H groups in total. The van der Waals surface area contributed by atoms with Gasteiger partial charge in [0.2, 0.25) is 0 Å². The highest BCUT2D eigenvalue weighted by Gasteiger charge is 2.41. The van der Waals surface area contributed by atoms with Crippen LogP contribution in [-0.2, 0) is 24.8 Å². The molecular weight excluding hydrogens is 331 g/mol. The van der Waals surface area contributed by atoms with Gasteiger partial charge in [0.15, 0.2) is 5.66 Å². The number of aromatic hydroxyl groups is 1. The number of carbonyl (C=O) groups is 1. The van der Waals surface area contributed by atoms with Gasteiger partial charge in [-0.25, -0.2) is 0 Å². The summed E-state index contributed by atoms with van der Waals surface area (Å²) in [6.45, 7) is 3.47. The van der Waals surface area contributed by atoms with Crippen molar-refractivity contribution in [1.82, 2.24) is 0 Å². The van der Waals surface area contributed by atoms with Gasteiger partial charge in [-0.05, 0) is 37.3 Å². The summed E-state index contributed by atoms with van der Waals surface area (Å²) in [4.78, 5) is 11.7. The molecule has 24 heavy (non-hydrogen) atoms. The van der Waals surface area contributed by atoms with Crippen LogP contribution in [-0.4, -0.2) is 35.1 Å². The van der Waals surface area contributed by atoms with Gasteiger partial charge < -0.3 is 19.3 Å². The van der Waals surface area contributed by atoms with Crippen LogP contribution in [0.1, 0.15) is 19.4 Å². The van der Waals surface area contributed by atoms with Crippen LogP contribution in [0.2, 0.25) is 0 Å². The number of fused-ring (bicyclic) bond motifs is 1. The predicted octanol–water partition coefficient (Wildman–Crippen LogP) is 3.81. The molecule has 0 aliphatic carbocycles. The van der Waals surface area contributed by atoms with Crippen molar-refractivity contribution >= 4 is 24.3 Å². The van der Waals surface area contributed by atoms with E-state index in [0.29, 0.717) is 16.3 Å². The molecule has 2 aromatic rings. The van der Waals surface area contributed by atoms with Crippen molar-refractivity contribution in [3.8, 4) is 5.75 Å². The molecule has 0 radical (unpaired) electrons. The number of hydrogen-bond acceptors (Lipinski definition) is 5. The molecule has 130 valence electrons. The largest absolute Gasteiger partial charge is 0.507 e. The number of rotatable bonds is 8. The molecular formula is C17H21O6P. The first-order valence-corrected chi connectivity index (χ1v) is 9.35. The van der Waals surface area contributed by atoms with E-state index < -0.39 is 19.2 Å². The van der Waals surface area contributed by atoms with Crippen molar-refractivity contribution in [2.45, 2.75) is 25.9 Å². The lowest BCUT2D eigenvalue weighted by molar-refractivity contribution is -0.137.